The summed E-state index contributed by atoms with van der Waals surface area (Å²) in [5.41, 5.74) is 6.67. The van der Waals surface area contributed by atoms with Crippen molar-refractivity contribution in [3.05, 3.63) is 35.9 Å². The summed E-state index contributed by atoms with van der Waals surface area (Å²) < 4.78 is 0. The van der Waals surface area contributed by atoms with E-state index < -0.39 is 0 Å². The molecule has 0 aliphatic rings. The average molecular weight is 207 g/mol. The minimum Gasteiger partial charge on any atom is -0.377 e. The first-order valence-electron chi connectivity index (χ1n) is 4.26. The topological polar surface area (TPSA) is 50.7 Å². The molecule has 14 heavy (non-hydrogen) atoms. The van der Waals surface area contributed by atoms with Crippen LogP contribution in [0.3, 0.4) is 0 Å². The Kier molecular flexibility index (Phi) is 4.78. The van der Waals surface area contributed by atoms with Crippen LogP contribution in [0.25, 0.3) is 0 Å². The molecule has 0 aliphatic heterocycles. The van der Waals surface area contributed by atoms with Gasteiger partial charge in [-0.15, -0.1) is 5.10 Å². The van der Waals surface area contributed by atoms with Crippen LogP contribution in [0.5, 0.6) is 0 Å². The van der Waals surface area contributed by atoms with Gasteiger partial charge in [-0.05, 0) is 11.8 Å². The quantitative estimate of drug-likeness (QED) is 0.467. The van der Waals surface area contributed by atoms with Crippen LogP contribution in [0.1, 0.15) is 5.56 Å². The molecule has 3 nitrogen and oxygen atoms in total. The van der Waals surface area contributed by atoms with E-state index in [1.807, 2.05) is 36.6 Å². The van der Waals surface area contributed by atoms with Gasteiger partial charge in [0.15, 0.2) is 5.17 Å². The molecule has 1 aromatic carbocycles. The number of hydrogen-bond donors (Lipinski definition) is 1. The number of nitrogens with zero attached hydrogens (tertiary/aromatic N) is 2. The maximum atomic E-state index is 5.45. The molecule has 0 radical (unpaired) electrons. The molecule has 0 atom stereocenters. The predicted molar refractivity (Wildman–Crippen MR) is 63.8 cm³/mol. The van der Waals surface area contributed by atoms with E-state index in [1.165, 1.54) is 17.3 Å². The lowest BCUT2D eigenvalue weighted by Gasteiger charge is -1.92. The zero-order valence-electron chi connectivity index (χ0n) is 8.05. The lowest BCUT2D eigenvalue weighted by atomic mass is 10.2. The first-order chi connectivity index (χ1) is 6.83. The van der Waals surface area contributed by atoms with Crippen LogP contribution < -0.4 is 5.73 Å². The number of nitrogens with two attached hydrogens (primary N) is 1. The van der Waals surface area contributed by atoms with Gasteiger partial charge in [0.25, 0.3) is 0 Å². The van der Waals surface area contributed by atoms with Gasteiger partial charge in [-0.3, -0.25) is 0 Å². The van der Waals surface area contributed by atoms with Gasteiger partial charge in [0, 0.05) is 12.6 Å². The Labute approximate surface area is 88.1 Å². The van der Waals surface area contributed by atoms with Gasteiger partial charge in [0.1, 0.15) is 0 Å². The van der Waals surface area contributed by atoms with Crippen molar-refractivity contribution in [1.29, 1.82) is 0 Å². The standard InChI is InChI=1S/C10H13N3S/c1-14-10(11)13-12-8-7-9-5-3-2-4-6-9/h2-6,8H,7H2,1H3,(H2,11,13). The Morgan fingerprint density at radius 3 is 2.79 bits per heavy atom. The maximum absolute atomic E-state index is 5.45. The number of rotatable bonds is 3. The smallest absolute Gasteiger partial charge is 0.180 e. The van der Waals surface area contributed by atoms with Crippen molar-refractivity contribution in [3.8, 4) is 0 Å². The average Bonchev–Trinajstić information content (AvgIpc) is 2.25. The van der Waals surface area contributed by atoms with Gasteiger partial charge in [-0.2, -0.15) is 5.10 Å². The molecule has 0 unspecified atom stereocenters. The molecule has 0 bridgehead atoms. The fourth-order valence-electron chi connectivity index (χ4n) is 0.899. The summed E-state index contributed by atoms with van der Waals surface area (Å²) >= 11 is 1.39. The Bertz CT molecular complexity index is 319. The van der Waals surface area contributed by atoms with Gasteiger partial charge in [0.05, 0.1) is 0 Å². The second-order valence-corrected chi connectivity index (χ2v) is 3.46. The van der Waals surface area contributed by atoms with E-state index in [4.69, 9.17) is 5.73 Å². The fourth-order valence-corrected chi connectivity index (χ4v) is 1.03. The second-order valence-electron chi connectivity index (χ2n) is 2.63. The molecule has 1 aromatic rings. The second kappa shape index (κ2) is 6.21. The third-order valence-corrected chi connectivity index (χ3v) is 2.12. The number of benzene rings is 1. The number of thioether (sulfide) groups is 1. The summed E-state index contributed by atoms with van der Waals surface area (Å²) in [6, 6.07) is 10.1. The summed E-state index contributed by atoms with van der Waals surface area (Å²) in [5.74, 6) is 0. The lowest BCUT2D eigenvalue weighted by molar-refractivity contribution is 1.22. The van der Waals surface area contributed by atoms with Crippen LogP contribution in [0.4, 0.5) is 0 Å². The minimum absolute atomic E-state index is 0.481. The SMILES string of the molecule is CSC(N)=NN=CCc1ccccc1. The molecule has 0 aromatic heterocycles. The zero-order valence-corrected chi connectivity index (χ0v) is 8.87. The summed E-state index contributed by atoms with van der Waals surface area (Å²) in [5, 5.41) is 8.12. The molecule has 0 amide bonds. The zero-order chi connectivity index (χ0) is 10.2. The van der Waals surface area contributed by atoms with Gasteiger partial charge >= 0.3 is 0 Å². The Morgan fingerprint density at radius 2 is 2.14 bits per heavy atom. The Balaban J connectivity index is 2.41. The van der Waals surface area contributed by atoms with Crippen LogP contribution in [-0.4, -0.2) is 17.6 Å². The molecular formula is C10H13N3S. The summed E-state index contributed by atoms with van der Waals surface area (Å²) in [6.45, 7) is 0. The molecule has 74 valence electrons. The highest BCUT2D eigenvalue weighted by atomic mass is 32.2. The number of amidine groups is 1. The molecule has 0 aliphatic carbocycles. The highest BCUT2D eigenvalue weighted by molar-refractivity contribution is 8.13. The van der Waals surface area contributed by atoms with Crippen molar-refractivity contribution in [3.63, 3.8) is 0 Å². The van der Waals surface area contributed by atoms with Crippen molar-refractivity contribution in [1.82, 2.24) is 0 Å². The first-order valence-corrected chi connectivity index (χ1v) is 5.48. The summed E-state index contributed by atoms with van der Waals surface area (Å²) in [4.78, 5) is 0. The molecule has 0 heterocycles. The monoisotopic (exact) mass is 207 g/mol. The molecule has 0 fully saturated rings. The third-order valence-electron chi connectivity index (χ3n) is 1.62. The summed E-state index contributed by atoms with van der Waals surface area (Å²) in [6.07, 6.45) is 4.40. The highest BCUT2D eigenvalue weighted by Gasteiger charge is 1.86. The maximum Gasteiger partial charge on any atom is 0.180 e. The van der Waals surface area contributed by atoms with Crippen molar-refractivity contribution in [2.45, 2.75) is 6.42 Å². The van der Waals surface area contributed by atoms with Crippen molar-refractivity contribution >= 4 is 23.1 Å². The van der Waals surface area contributed by atoms with Gasteiger partial charge in [-0.25, -0.2) is 0 Å². The normalized spacial score (nSPS) is 12.2. The molecule has 1 rings (SSSR count). The van der Waals surface area contributed by atoms with Crippen molar-refractivity contribution < 1.29 is 0 Å². The Hall–Kier alpha value is -1.29. The molecule has 2 N–H and O–H groups in total. The first kappa shape index (κ1) is 10.8. The largest absolute Gasteiger partial charge is 0.377 e. The number of hydrogen-bond acceptors (Lipinski definition) is 3. The van der Waals surface area contributed by atoms with Crippen LogP contribution in [0, 0.1) is 0 Å². The third kappa shape index (κ3) is 4.09. The van der Waals surface area contributed by atoms with Crippen LogP contribution in [0.2, 0.25) is 0 Å². The van der Waals surface area contributed by atoms with E-state index in [-0.39, 0.29) is 0 Å². The summed E-state index contributed by atoms with van der Waals surface area (Å²) in [7, 11) is 0. The highest BCUT2D eigenvalue weighted by Crippen LogP contribution is 1.97. The van der Waals surface area contributed by atoms with Crippen molar-refractivity contribution in [2.24, 2.45) is 15.9 Å². The van der Waals surface area contributed by atoms with Gasteiger partial charge in [-0.1, -0.05) is 42.1 Å². The molecule has 0 spiro atoms. The van der Waals surface area contributed by atoms with E-state index in [2.05, 4.69) is 10.2 Å². The lowest BCUT2D eigenvalue weighted by Crippen LogP contribution is -2.03. The van der Waals surface area contributed by atoms with E-state index in [0.29, 0.717) is 5.17 Å². The van der Waals surface area contributed by atoms with E-state index in [1.54, 1.807) is 6.21 Å². The van der Waals surface area contributed by atoms with E-state index >= 15 is 0 Å². The Morgan fingerprint density at radius 1 is 1.43 bits per heavy atom. The van der Waals surface area contributed by atoms with Crippen LogP contribution in [0.15, 0.2) is 40.5 Å². The minimum atomic E-state index is 0.481. The van der Waals surface area contributed by atoms with Gasteiger partial charge in [0.2, 0.25) is 0 Å². The molecule has 0 saturated heterocycles. The molecular weight excluding hydrogens is 194 g/mol. The van der Waals surface area contributed by atoms with Crippen molar-refractivity contribution in [2.75, 3.05) is 6.26 Å². The van der Waals surface area contributed by atoms with Gasteiger partial charge < -0.3 is 5.73 Å². The van der Waals surface area contributed by atoms with E-state index in [9.17, 15) is 0 Å². The molecule has 4 heteroatoms. The van der Waals surface area contributed by atoms with E-state index in [0.717, 1.165) is 6.42 Å². The fraction of sp³-hybridized carbons (Fsp3) is 0.200. The van der Waals surface area contributed by atoms with Crippen LogP contribution in [-0.2, 0) is 6.42 Å². The predicted octanol–water partition coefficient (Wildman–Crippen LogP) is 1.89. The van der Waals surface area contributed by atoms with Crippen LogP contribution >= 0.6 is 11.8 Å². The molecule has 0 saturated carbocycles.